The number of carbonyl (C=O) groups is 1. The molecule has 3 rings (SSSR count). The van der Waals surface area contributed by atoms with Gasteiger partial charge in [-0.3, -0.25) is 0 Å². The standard InChI is InChI=1S/C14H14N4O5S/c1-21-9-4-7(5-10(22-2)11(9)23-3)12-15-16-14-18(12)17-8(6-24-14)13(19)20/h4-5H,6H2,1-3H3,(H,19,20). The van der Waals surface area contributed by atoms with E-state index in [0.717, 1.165) is 0 Å². The lowest BCUT2D eigenvalue weighted by Gasteiger charge is -2.15. The fourth-order valence-corrected chi connectivity index (χ4v) is 3.02. The third-order valence-corrected chi connectivity index (χ3v) is 4.27. The first-order chi connectivity index (χ1) is 11.6. The maximum atomic E-state index is 11.2. The number of fused-ring (bicyclic) bond motifs is 1. The number of methoxy groups -OCH3 is 3. The van der Waals surface area contributed by atoms with Crippen molar-refractivity contribution in [2.24, 2.45) is 5.10 Å². The molecule has 126 valence electrons. The lowest BCUT2D eigenvalue weighted by Crippen LogP contribution is -2.21. The summed E-state index contributed by atoms with van der Waals surface area (Å²) in [7, 11) is 4.53. The topological polar surface area (TPSA) is 108 Å². The molecule has 1 aromatic carbocycles. The van der Waals surface area contributed by atoms with Crippen LogP contribution in [0.5, 0.6) is 17.2 Å². The predicted molar refractivity (Wildman–Crippen MR) is 86.3 cm³/mol. The van der Waals surface area contributed by atoms with Crippen molar-refractivity contribution >= 4 is 23.4 Å². The van der Waals surface area contributed by atoms with Crippen LogP contribution >= 0.6 is 11.8 Å². The van der Waals surface area contributed by atoms with Crippen molar-refractivity contribution in [3.05, 3.63) is 12.1 Å². The van der Waals surface area contributed by atoms with Crippen LogP contribution in [0.4, 0.5) is 0 Å². The van der Waals surface area contributed by atoms with Crippen molar-refractivity contribution in [2.45, 2.75) is 5.16 Å². The van der Waals surface area contributed by atoms with Crippen LogP contribution in [0, 0.1) is 0 Å². The van der Waals surface area contributed by atoms with E-state index in [-0.39, 0.29) is 11.5 Å². The van der Waals surface area contributed by atoms with Crippen LogP contribution in [-0.4, -0.2) is 58.7 Å². The summed E-state index contributed by atoms with van der Waals surface area (Å²) in [6.45, 7) is 0. The zero-order valence-electron chi connectivity index (χ0n) is 13.1. The van der Waals surface area contributed by atoms with E-state index in [4.69, 9.17) is 19.3 Å². The predicted octanol–water partition coefficient (Wildman–Crippen LogP) is 1.37. The number of ether oxygens (including phenoxy) is 3. The van der Waals surface area contributed by atoms with Crippen LogP contribution in [-0.2, 0) is 4.79 Å². The number of rotatable bonds is 5. The van der Waals surface area contributed by atoms with Gasteiger partial charge < -0.3 is 19.3 Å². The minimum absolute atomic E-state index is 0.0287. The van der Waals surface area contributed by atoms with E-state index < -0.39 is 5.97 Å². The summed E-state index contributed by atoms with van der Waals surface area (Å²) in [5.74, 6) is 0.909. The van der Waals surface area contributed by atoms with Crippen molar-refractivity contribution in [3.63, 3.8) is 0 Å². The zero-order valence-corrected chi connectivity index (χ0v) is 14.0. The maximum Gasteiger partial charge on any atom is 0.352 e. The van der Waals surface area contributed by atoms with E-state index in [1.807, 2.05) is 0 Å². The number of carboxylic acids is 1. The summed E-state index contributed by atoms with van der Waals surface area (Å²) in [5, 5.41) is 21.9. The van der Waals surface area contributed by atoms with Crippen LogP contribution < -0.4 is 14.2 Å². The van der Waals surface area contributed by atoms with Gasteiger partial charge in [0.2, 0.25) is 10.9 Å². The number of hydrogen-bond donors (Lipinski definition) is 1. The molecule has 0 aliphatic carbocycles. The Hall–Kier alpha value is -2.75. The lowest BCUT2D eigenvalue weighted by atomic mass is 10.1. The molecule has 1 aliphatic heterocycles. The zero-order chi connectivity index (χ0) is 17.3. The number of benzene rings is 1. The molecule has 0 saturated carbocycles. The Kier molecular flexibility index (Phi) is 4.30. The van der Waals surface area contributed by atoms with Gasteiger partial charge in [-0.05, 0) is 12.1 Å². The van der Waals surface area contributed by atoms with Crippen molar-refractivity contribution < 1.29 is 24.1 Å². The molecule has 0 fully saturated rings. The number of carboxylic acid groups (broad SMARTS) is 1. The number of hydrogen-bond acceptors (Lipinski definition) is 8. The molecule has 9 nitrogen and oxygen atoms in total. The Balaban J connectivity index is 2.15. The molecule has 2 heterocycles. The number of thioether (sulfide) groups is 1. The molecule has 1 aromatic heterocycles. The Labute approximate surface area is 141 Å². The fraction of sp³-hybridized carbons (Fsp3) is 0.286. The third kappa shape index (κ3) is 2.64. The van der Waals surface area contributed by atoms with Crippen LogP contribution in [0.3, 0.4) is 0 Å². The summed E-state index contributed by atoms with van der Waals surface area (Å²) in [4.78, 5) is 11.2. The second-order valence-electron chi connectivity index (χ2n) is 4.67. The normalized spacial score (nSPS) is 13.0. The second-order valence-corrected chi connectivity index (χ2v) is 5.62. The quantitative estimate of drug-likeness (QED) is 0.861. The highest BCUT2D eigenvalue weighted by atomic mass is 32.2. The van der Waals surface area contributed by atoms with Gasteiger partial charge in [0.25, 0.3) is 0 Å². The first-order valence-electron chi connectivity index (χ1n) is 6.78. The van der Waals surface area contributed by atoms with Crippen LogP contribution in [0.1, 0.15) is 0 Å². The Morgan fingerprint density at radius 3 is 2.38 bits per heavy atom. The van der Waals surface area contributed by atoms with Crippen molar-refractivity contribution in [3.8, 4) is 28.6 Å². The molecule has 0 amide bonds. The number of aromatic nitrogens is 3. The van der Waals surface area contributed by atoms with Gasteiger partial charge in [0.05, 0.1) is 27.1 Å². The molecule has 10 heteroatoms. The monoisotopic (exact) mass is 350 g/mol. The molecule has 0 bridgehead atoms. The van der Waals surface area contributed by atoms with Gasteiger partial charge >= 0.3 is 5.97 Å². The first-order valence-corrected chi connectivity index (χ1v) is 7.77. The van der Waals surface area contributed by atoms with E-state index in [1.54, 1.807) is 12.1 Å². The van der Waals surface area contributed by atoms with Gasteiger partial charge in [0.15, 0.2) is 23.0 Å². The van der Waals surface area contributed by atoms with E-state index in [0.29, 0.717) is 33.8 Å². The SMILES string of the molecule is COc1cc(-c2nnc3n2N=C(C(=O)O)CS3)cc(OC)c1OC. The summed E-state index contributed by atoms with van der Waals surface area (Å²) < 4.78 is 17.3. The highest BCUT2D eigenvalue weighted by Crippen LogP contribution is 2.41. The largest absolute Gasteiger partial charge is 0.493 e. The summed E-state index contributed by atoms with van der Waals surface area (Å²) in [6.07, 6.45) is 0. The molecule has 0 atom stereocenters. The molecule has 2 aromatic rings. The minimum atomic E-state index is -1.07. The molecule has 1 aliphatic rings. The number of nitrogens with zero attached hydrogens (tertiary/aromatic N) is 4. The van der Waals surface area contributed by atoms with E-state index in [1.165, 1.54) is 37.8 Å². The smallest absolute Gasteiger partial charge is 0.352 e. The summed E-state index contributed by atoms with van der Waals surface area (Å²) in [6, 6.07) is 3.40. The third-order valence-electron chi connectivity index (χ3n) is 3.34. The summed E-state index contributed by atoms with van der Waals surface area (Å²) in [5.41, 5.74) is 0.639. The average Bonchev–Trinajstić information content (AvgIpc) is 3.03. The second kappa shape index (κ2) is 6.40. The average molecular weight is 350 g/mol. The van der Waals surface area contributed by atoms with Crippen LogP contribution in [0.2, 0.25) is 0 Å². The maximum absolute atomic E-state index is 11.2. The molecule has 1 N–H and O–H groups in total. The fourth-order valence-electron chi connectivity index (χ4n) is 2.22. The van der Waals surface area contributed by atoms with Gasteiger partial charge in [-0.1, -0.05) is 11.8 Å². The van der Waals surface area contributed by atoms with Gasteiger partial charge in [-0.2, -0.15) is 9.78 Å². The first kappa shape index (κ1) is 16.1. The Morgan fingerprint density at radius 2 is 1.83 bits per heavy atom. The highest BCUT2D eigenvalue weighted by molar-refractivity contribution is 8.00. The van der Waals surface area contributed by atoms with Gasteiger partial charge in [0, 0.05) is 5.56 Å². The van der Waals surface area contributed by atoms with E-state index >= 15 is 0 Å². The van der Waals surface area contributed by atoms with Gasteiger partial charge in [0.1, 0.15) is 0 Å². The molecular weight excluding hydrogens is 336 g/mol. The Morgan fingerprint density at radius 1 is 1.17 bits per heavy atom. The van der Waals surface area contributed by atoms with E-state index in [2.05, 4.69) is 15.3 Å². The molecule has 0 spiro atoms. The van der Waals surface area contributed by atoms with Crippen LogP contribution in [0.25, 0.3) is 11.4 Å². The molecule has 0 radical (unpaired) electrons. The highest BCUT2D eigenvalue weighted by Gasteiger charge is 2.24. The van der Waals surface area contributed by atoms with E-state index in [9.17, 15) is 4.79 Å². The molecule has 0 unspecified atom stereocenters. The molecule has 24 heavy (non-hydrogen) atoms. The lowest BCUT2D eigenvalue weighted by molar-refractivity contribution is -0.129. The van der Waals surface area contributed by atoms with Crippen LogP contribution in [0.15, 0.2) is 22.4 Å². The summed E-state index contributed by atoms with van der Waals surface area (Å²) >= 11 is 1.26. The van der Waals surface area contributed by atoms with Gasteiger partial charge in [-0.25, -0.2) is 4.79 Å². The molecule has 0 saturated heterocycles. The van der Waals surface area contributed by atoms with Crippen molar-refractivity contribution in [1.82, 2.24) is 14.9 Å². The van der Waals surface area contributed by atoms with Crippen molar-refractivity contribution in [1.29, 1.82) is 0 Å². The number of aliphatic carboxylic acids is 1. The minimum Gasteiger partial charge on any atom is -0.493 e. The molecular formula is C14H14N4O5S. The Bertz CT molecular complexity index is 808. The van der Waals surface area contributed by atoms with Gasteiger partial charge in [-0.15, -0.1) is 10.2 Å². The van der Waals surface area contributed by atoms with Crippen molar-refractivity contribution in [2.75, 3.05) is 27.1 Å².